The Labute approximate surface area is 181 Å². The minimum Gasteiger partial charge on any atom is -0.507 e. The number of benzene rings is 1. The smallest absolute Gasteiger partial charge is 0.222 e. The number of para-hydroxylation sites is 1. The van der Waals surface area contributed by atoms with Gasteiger partial charge in [0, 0.05) is 37.8 Å². The molecular formula is C24H28N4O3. The lowest BCUT2D eigenvalue weighted by Gasteiger charge is -2.36. The third-order valence-electron chi connectivity index (χ3n) is 5.66. The minimum atomic E-state index is -0.463. The topological polar surface area (TPSA) is 89.8 Å². The Balaban J connectivity index is 1.63. The third-order valence-corrected chi connectivity index (χ3v) is 5.66. The Morgan fingerprint density at radius 1 is 1.16 bits per heavy atom. The van der Waals surface area contributed by atoms with Crippen molar-refractivity contribution in [1.29, 1.82) is 0 Å². The highest BCUT2D eigenvalue weighted by molar-refractivity contribution is 5.76. The summed E-state index contributed by atoms with van der Waals surface area (Å²) in [6.45, 7) is 4.28. The van der Waals surface area contributed by atoms with Gasteiger partial charge in [0.05, 0.1) is 17.0 Å². The van der Waals surface area contributed by atoms with E-state index in [2.05, 4.69) is 17.1 Å². The molecule has 1 aliphatic carbocycles. The van der Waals surface area contributed by atoms with Gasteiger partial charge >= 0.3 is 0 Å². The molecule has 1 unspecified atom stereocenters. The fourth-order valence-electron chi connectivity index (χ4n) is 3.90. The van der Waals surface area contributed by atoms with Crippen LogP contribution in [0, 0.1) is 0 Å². The lowest BCUT2D eigenvalue weighted by atomic mass is 10.1. The number of hydrogen-bond donors (Lipinski definition) is 2. The van der Waals surface area contributed by atoms with E-state index in [9.17, 15) is 15.0 Å². The van der Waals surface area contributed by atoms with Crippen LogP contribution in [0.4, 0.5) is 5.82 Å². The lowest BCUT2D eigenvalue weighted by molar-refractivity contribution is -0.132. The number of aromatic hydroxyl groups is 1. The monoisotopic (exact) mass is 420 g/mol. The van der Waals surface area contributed by atoms with Crippen molar-refractivity contribution in [3.63, 3.8) is 0 Å². The van der Waals surface area contributed by atoms with Crippen LogP contribution in [0.3, 0.4) is 0 Å². The van der Waals surface area contributed by atoms with Crippen LogP contribution < -0.4 is 15.5 Å². The molecular weight excluding hydrogens is 392 g/mol. The maximum absolute atomic E-state index is 12.4. The average molecular weight is 421 g/mol. The summed E-state index contributed by atoms with van der Waals surface area (Å²) in [7, 11) is 0. The van der Waals surface area contributed by atoms with E-state index in [0.717, 1.165) is 22.8 Å². The highest BCUT2D eigenvalue weighted by atomic mass is 16.3. The number of fused-ring (bicyclic) bond motifs is 1. The van der Waals surface area contributed by atoms with Crippen molar-refractivity contribution in [1.82, 2.24) is 14.9 Å². The zero-order chi connectivity index (χ0) is 21.8. The van der Waals surface area contributed by atoms with Crippen LogP contribution in [0.2, 0.25) is 0 Å². The van der Waals surface area contributed by atoms with E-state index in [-0.39, 0.29) is 11.7 Å². The number of phenols is 1. The van der Waals surface area contributed by atoms with E-state index in [0.29, 0.717) is 50.4 Å². The Hall–Kier alpha value is -3.19. The number of anilines is 1. The second-order valence-electron chi connectivity index (χ2n) is 7.98. The number of phenolic OH excluding ortho intramolecular Hbond substituents is 1. The predicted octanol–water partition coefficient (Wildman–Crippen LogP) is 1.18. The summed E-state index contributed by atoms with van der Waals surface area (Å²) in [6, 6.07) is 7.09. The maximum atomic E-state index is 12.4. The summed E-state index contributed by atoms with van der Waals surface area (Å²) >= 11 is 0. The zero-order valence-electron chi connectivity index (χ0n) is 17.7. The number of aliphatic hydroxyl groups excluding tert-OH is 1. The third kappa shape index (κ3) is 4.77. The summed E-state index contributed by atoms with van der Waals surface area (Å²) < 4.78 is 0. The quantitative estimate of drug-likeness (QED) is 0.755. The summed E-state index contributed by atoms with van der Waals surface area (Å²) in [4.78, 5) is 26.0. The molecule has 0 spiro atoms. The van der Waals surface area contributed by atoms with Gasteiger partial charge in [-0.1, -0.05) is 30.4 Å². The molecule has 1 atom stereocenters. The van der Waals surface area contributed by atoms with E-state index in [1.54, 1.807) is 19.1 Å². The molecule has 2 aromatic rings. The van der Waals surface area contributed by atoms with Gasteiger partial charge in [0.2, 0.25) is 5.91 Å². The number of nitrogens with zero attached hydrogens (tertiary/aromatic N) is 4. The molecule has 1 fully saturated rings. The lowest BCUT2D eigenvalue weighted by Crippen LogP contribution is -2.51. The van der Waals surface area contributed by atoms with Crippen molar-refractivity contribution in [2.75, 3.05) is 31.1 Å². The first-order valence-corrected chi connectivity index (χ1v) is 10.8. The largest absolute Gasteiger partial charge is 0.507 e. The second kappa shape index (κ2) is 9.31. The first-order chi connectivity index (χ1) is 15.0. The molecule has 0 radical (unpaired) electrons. The van der Waals surface area contributed by atoms with Crippen molar-refractivity contribution < 1.29 is 15.0 Å². The van der Waals surface area contributed by atoms with Gasteiger partial charge < -0.3 is 20.0 Å². The first-order valence-electron chi connectivity index (χ1n) is 10.8. The van der Waals surface area contributed by atoms with Crippen molar-refractivity contribution in [2.24, 2.45) is 0 Å². The van der Waals surface area contributed by atoms with Gasteiger partial charge in [-0.3, -0.25) is 4.79 Å². The molecule has 2 heterocycles. The molecule has 7 nitrogen and oxygen atoms in total. The number of piperazine rings is 1. The van der Waals surface area contributed by atoms with Gasteiger partial charge in [0.25, 0.3) is 0 Å². The molecule has 1 aliphatic heterocycles. The minimum absolute atomic E-state index is 0.0843. The van der Waals surface area contributed by atoms with Gasteiger partial charge in [0.15, 0.2) is 5.82 Å². The second-order valence-corrected chi connectivity index (χ2v) is 7.98. The van der Waals surface area contributed by atoms with Gasteiger partial charge in [-0.15, -0.1) is 0 Å². The van der Waals surface area contributed by atoms with Crippen molar-refractivity contribution in [3.8, 4) is 17.1 Å². The van der Waals surface area contributed by atoms with Crippen LogP contribution in [-0.2, 0) is 4.79 Å². The zero-order valence-corrected chi connectivity index (χ0v) is 17.7. The van der Waals surface area contributed by atoms with Crippen LogP contribution in [0.25, 0.3) is 23.5 Å². The highest BCUT2D eigenvalue weighted by Gasteiger charge is 2.24. The summed E-state index contributed by atoms with van der Waals surface area (Å²) in [5, 5.41) is 21.6. The van der Waals surface area contributed by atoms with E-state index >= 15 is 0 Å². The van der Waals surface area contributed by atoms with Crippen LogP contribution in [0.1, 0.15) is 26.2 Å². The predicted molar refractivity (Wildman–Crippen MR) is 121 cm³/mol. The summed E-state index contributed by atoms with van der Waals surface area (Å²) in [6.07, 6.45) is 9.36. The molecule has 162 valence electrons. The highest BCUT2D eigenvalue weighted by Crippen LogP contribution is 2.25. The fourth-order valence-corrected chi connectivity index (χ4v) is 3.90. The van der Waals surface area contributed by atoms with Gasteiger partial charge in [-0.05, 0) is 38.0 Å². The Bertz CT molecular complexity index is 1100. The van der Waals surface area contributed by atoms with E-state index in [1.807, 2.05) is 29.2 Å². The first kappa shape index (κ1) is 21.1. The average Bonchev–Trinajstić information content (AvgIpc) is 3.03. The molecule has 1 saturated heterocycles. The Morgan fingerprint density at radius 2 is 1.94 bits per heavy atom. The van der Waals surface area contributed by atoms with Crippen LogP contribution in [0.15, 0.2) is 36.4 Å². The molecule has 1 aromatic carbocycles. The summed E-state index contributed by atoms with van der Waals surface area (Å²) in [5.74, 6) is 1.55. The van der Waals surface area contributed by atoms with Gasteiger partial charge in [0.1, 0.15) is 11.6 Å². The van der Waals surface area contributed by atoms with E-state index < -0.39 is 6.10 Å². The molecule has 2 aliphatic rings. The maximum Gasteiger partial charge on any atom is 0.222 e. The number of aliphatic hydroxyl groups is 1. The van der Waals surface area contributed by atoms with Crippen LogP contribution in [-0.4, -0.2) is 63.3 Å². The Morgan fingerprint density at radius 3 is 2.68 bits per heavy atom. The van der Waals surface area contributed by atoms with Crippen molar-refractivity contribution >= 4 is 23.9 Å². The van der Waals surface area contributed by atoms with Crippen LogP contribution in [0.5, 0.6) is 5.75 Å². The number of rotatable bonds is 5. The van der Waals surface area contributed by atoms with Gasteiger partial charge in [-0.25, -0.2) is 9.97 Å². The van der Waals surface area contributed by atoms with E-state index in [1.165, 1.54) is 0 Å². The molecule has 7 heteroatoms. The molecule has 0 saturated carbocycles. The molecule has 4 rings (SSSR count). The van der Waals surface area contributed by atoms with Gasteiger partial charge in [-0.2, -0.15) is 0 Å². The normalized spacial score (nSPS) is 16.7. The van der Waals surface area contributed by atoms with E-state index in [4.69, 9.17) is 9.97 Å². The van der Waals surface area contributed by atoms with Crippen LogP contribution >= 0.6 is 0 Å². The summed E-state index contributed by atoms with van der Waals surface area (Å²) in [5.41, 5.74) is 0.597. The fraction of sp³-hybridized carbons (Fsp3) is 0.375. The molecule has 1 aromatic heterocycles. The van der Waals surface area contributed by atoms with Crippen molar-refractivity contribution in [2.45, 2.75) is 32.3 Å². The number of carbonyl (C=O) groups excluding carboxylic acids is 1. The number of amides is 1. The molecule has 1 amide bonds. The number of allylic oxidation sites excluding steroid dienone is 2. The molecule has 31 heavy (non-hydrogen) atoms. The number of aromatic nitrogens is 2. The number of carbonyl (C=O) groups is 1. The molecule has 0 bridgehead atoms. The standard InChI is InChI=1S/C24H28N4O3/c1-17(29)11-12-22(31)27-13-15-28(16-14-27)24-18-7-3-2-4-9-20(18)25-23(26-24)19-8-5-6-10-21(19)30/h2,4-10,17,29-30H,3,11-16H2,1H3. The number of hydrogen-bond acceptors (Lipinski definition) is 6. The Kier molecular flexibility index (Phi) is 6.32. The SMILES string of the molecule is CC(O)CCC(=O)N1CCN(c2nc(-c3ccccc3O)nc3c2=CCC=CC=3)CC1. The molecule has 2 N–H and O–H groups in total. The van der Waals surface area contributed by atoms with Crippen molar-refractivity contribution in [3.05, 3.63) is 47.0 Å².